The van der Waals surface area contributed by atoms with Crippen molar-refractivity contribution in [2.24, 2.45) is 0 Å². The van der Waals surface area contributed by atoms with Gasteiger partial charge in [0.25, 0.3) is 0 Å². The fourth-order valence-corrected chi connectivity index (χ4v) is 2.25. The van der Waals surface area contributed by atoms with Crippen molar-refractivity contribution in [3.05, 3.63) is 29.8 Å². The SMILES string of the molecule is O=C(O)CCNS(=O)(=O)c1cccc(C(=O)O)c1.[Cu+2]. The van der Waals surface area contributed by atoms with Crippen LogP contribution >= 0.6 is 0 Å². The molecule has 7 nitrogen and oxygen atoms in total. The van der Waals surface area contributed by atoms with Gasteiger partial charge in [-0.25, -0.2) is 17.9 Å². The molecule has 0 saturated carbocycles. The van der Waals surface area contributed by atoms with Crippen molar-refractivity contribution < 1.29 is 45.3 Å². The third-order valence-corrected chi connectivity index (χ3v) is 3.48. The topological polar surface area (TPSA) is 121 Å². The van der Waals surface area contributed by atoms with Gasteiger partial charge in [0.05, 0.1) is 16.9 Å². The molecule has 0 aromatic heterocycles. The number of carbonyl (C=O) groups is 2. The first kappa shape index (κ1) is 17.6. The zero-order chi connectivity index (χ0) is 13.8. The minimum Gasteiger partial charge on any atom is -0.481 e. The van der Waals surface area contributed by atoms with Crippen molar-refractivity contribution in [3.8, 4) is 0 Å². The molecular weight excluding hydrogens is 326 g/mol. The van der Waals surface area contributed by atoms with E-state index >= 15 is 0 Å². The largest absolute Gasteiger partial charge is 2.00 e. The van der Waals surface area contributed by atoms with Crippen LogP contribution < -0.4 is 4.72 Å². The molecule has 1 radical (unpaired) electrons. The Labute approximate surface area is 120 Å². The van der Waals surface area contributed by atoms with Crippen molar-refractivity contribution in [2.75, 3.05) is 6.54 Å². The summed E-state index contributed by atoms with van der Waals surface area (Å²) in [6.07, 6.45) is -0.349. The first-order valence-corrected chi connectivity index (χ1v) is 6.36. The molecule has 1 aromatic carbocycles. The van der Waals surface area contributed by atoms with Crippen LogP contribution in [0.2, 0.25) is 0 Å². The fraction of sp³-hybridized carbons (Fsp3) is 0.200. The van der Waals surface area contributed by atoms with Gasteiger partial charge in [0.2, 0.25) is 10.0 Å². The Morgan fingerprint density at radius 1 is 1.21 bits per heavy atom. The van der Waals surface area contributed by atoms with Crippen LogP contribution in [0.4, 0.5) is 0 Å². The number of benzene rings is 1. The minimum absolute atomic E-state index is 0. The third-order valence-electron chi connectivity index (χ3n) is 2.02. The summed E-state index contributed by atoms with van der Waals surface area (Å²) in [6.45, 7) is -0.255. The first-order valence-electron chi connectivity index (χ1n) is 4.88. The van der Waals surface area contributed by atoms with Crippen LogP contribution in [0.25, 0.3) is 0 Å². The predicted molar refractivity (Wildman–Crippen MR) is 60.8 cm³/mol. The third kappa shape index (κ3) is 5.39. The van der Waals surface area contributed by atoms with Gasteiger partial charge in [-0.05, 0) is 18.2 Å². The summed E-state index contributed by atoms with van der Waals surface area (Å²) in [7, 11) is -3.89. The quantitative estimate of drug-likeness (QED) is 0.635. The number of hydrogen-bond acceptors (Lipinski definition) is 4. The van der Waals surface area contributed by atoms with Gasteiger partial charge in [0.1, 0.15) is 0 Å². The summed E-state index contributed by atoms with van der Waals surface area (Å²) >= 11 is 0. The Bertz CT molecular complexity index is 571. The number of carboxylic acids is 2. The van der Waals surface area contributed by atoms with Gasteiger partial charge in [-0.1, -0.05) is 6.07 Å². The van der Waals surface area contributed by atoms with Gasteiger partial charge < -0.3 is 10.2 Å². The molecule has 0 saturated heterocycles. The molecule has 0 unspecified atom stereocenters. The number of nitrogens with one attached hydrogen (secondary N) is 1. The second kappa shape index (κ2) is 7.25. The Hall–Kier alpha value is -1.41. The van der Waals surface area contributed by atoms with Gasteiger partial charge in [-0.2, -0.15) is 0 Å². The molecule has 1 aromatic rings. The predicted octanol–water partition coefficient (Wildman–Crippen LogP) is 0.135. The smallest absolute Gasteiger partial charge is 0.481 e. The second-order valence-corrected chi connectivity index (χ2v) is 5.14. The zero-order valence-corrected chi connectivity index (χ0v) is 11.2. The maximum absolute atomic E-state index is 11.7. The summed E-state index contributed by atoms with van der Waals surface area (Å²) in [5.74, 6) is -2.37. The Balaban J connectivity index is 0.00000324. The summed E-state index contributed by atoms with van der Waals surface area (Å²) in [5.41, 5.74) is -0.156. The van der Waals surface area contributed by atoms with Crippen LogP contribution in [-0.2, 0) is 31.9 Å². The van der Waals surface area contributed by atoms with Gasteiger partial charge in [0.15, 0.2) is 0 Å². The fourth-order valence-electron chi connectivity index (χ4n) is 1.17. The van der Waals surface area contributed by atoms with Gasteiger partial charge in [-0.3, -0.25) is 4.79 Å². The van der Waals surface area contributed by atoms with E-state index < -0.39 is 22.0 Å². The van der Waals surface area contributed by atoms with Crippen LogP contribution in [0.3, 0.4) is 0 Å². The molecule has 0 aliphatic rings. The monoisotopic (exact) mass is 336 g/mol. The summed E-state index contributed by atoms with van der Waals surface area (Å²) in [5, 5.41) is 17.1. The van der Waals surface area contributed by atoms with E-state index in [0.717, 1.165) is 6.07 Å². The summed E-state index contributed by atoms with van der Waals surface area (Å²) in [4.78, 5) is 20.7. The number of hydrogen-bond donors (Lipinski definition) is 3. The average Bonchev–Trinajstić information content (AvgIpc) is 2.28. The Morgan fingerprint density at radius 3 is 2.37 bits per heavy atom. The number of rotatable bonds is 6. The molecule has 0 spiro atoms. The zero-order valence-electron chi connectivity index (χ0n) is 9.46. The molecule has 0 bridgehead atoms. The van der Waals surface area contributed by atoms with E-state index in [9.17, 15) is 18.0 Å². The van der Waals surface area contributed by atoms with E-state index in [0.29, 0.717) is 0 Å². The van der Waals surface area contributed by atoms with Gasteiger partial charge in [0, 0.05) is 6.54 Å². The molecule has 3 N–H and O–H groups in total. The average molecular weight is 337 g/mol. The first-order chi connectivity index (χ1) is 8.33. The molecule has 0 fully saturated rings. The number of carboxylic acid groups (broad SMARTS) is 2. The van der Waals surface area contributed by atoms with Crippen LogP contribution in [0, 0.1) is 0 Å². The maximum Gasteiger partial charge on any atom is 2.00 e. The Kier molecular flexibility index (Phi) is 6.71. The van der Waals surface area contributed by atoms with Crippen LogP contribution in [0.1, 0.15) is 16.8 Å². The van der Waals surface area contributed by atoms with Crippen molar-refractivity contribution in [3.63, 3.8) is 0 Å². The van der Waals surface area contributed by atoms with Crippen LogP contribution in [-0.4, -0.2) is 37.1 Å². The van der Waals surface area contributed by atoms with Gasteiger partial charge >= 0.3 is 29.0 Å². The van der Waals surface area contributed by atoms with Crippen LogP contribution in [0.15, 0.2) is 29.2 Å². The van der Waals surface area contributed by atoms with Crippen molar-refractivity contribution in [1.82, 2.24) is 4.72 Å². The van der Waals surface area contributed by atoms with Crippen molar-refractivity contribution >= 4 is 22.0 Å². The molecule has 0 aliphatic carbocycles. The molecule has 0 atom stereocenters. The summed E-state index contributed by atoms with van der Waals surface area (Å²) in [6, 6.07) is 4.80. The molecular formula is C10H11CuNO6S+2. The number of aromatic carboxylic acids is 1. The van der Waals surface area contributed by atoms with E-state index in [-0.39, 0.29) is 40.5 Å². The standard InChI is InChI=1S/C10H11NO6S.Cu/c12-9(13)4-5-11-18(16,17)8-3-1-2-7(6-8)10(14)15;/h1-3,6,11H,4-5H2,(H,12,13)(H,14,15);/q;+2. The molecule has 9 heteroatoms. The maximum atomic E-state index is 11.7. The Morgan fingerprint density at radius 2 is 1.84 bits per heavy atom. The van der Waals surface area contributed by atoms with Crippen molar-refractivity contribution in [1.29, 1.82) is 0 Å². The molecule has 0 amide bonds. The molecule has 0 heterocycles. The van der Waals surface area contributed by atoms with E-state index in [2.05, 4.69) is 4.72 Å². The van der Waals surface area contributed by atoms with E-state index in [1.165, 1.54) is 18.2 Å². The molecule has 107 valence electrons. The van der Waals surface area contributed by atoms with Gasteiger partial charge in [-0.15, -0.1) is 0 Å². The number of sulfonamides is 1. The summed E-state index contributed by atoms with van der Waals surface area (Å²) < 4.78 is 25.5. The van der Waals surface area contributed by atoms with E-state index in [1.807, 2.05) is 0 Å². The molecule has 1 rings (SSSR count). The molecule has 0 aliphatic heterocycles. The van der Waals surface area contributed by atoms with E-state index in [4.69, 9.17) is 10.2 Å². The normalized spacial score (nSPS) is 10.5. The van der Waals surface area contributed by atoms with Crippen LogP contribution in [0.5, 0.6) is 0 Å². The second-order valence-electron chi connectivity index (χ2n) is 3.37. The van der Waals surface area contributed by atoms with Crippen molar-refractivity contribution in [2.45, 2.75) is 11.3 Å². The number of aliphatic carboxylic acids is 1. The minimum atomic E-state index is -3.89. The molecule has 19 heavy (non-hydrogen) atoms. The van der Waals surface area contributed by atoms with E-state index in [1.54, 1.807) is 0 Å².